The van der Waals surface area contributed by atoms with Crippen molar-refractivity contribution in [1.82, 2.24) is 10.3 Å². The molecule has 1 fully saturated rings. The van der Waals surface area contributed by atoms with E-state index in [1.807, 2.05) is 11.9 Å². The average molecular weight is 201 g/mol. The van der Waals surface area contributed by atoms with Gasteiger partial charge in [-0.15, -0.1) is 0 Å². The second-order valence-electron chi connectivity index (χ2n) is 3.82. The Morgan fingerprint density at radius 2 is 2.21 bits per heavy atom. The lowest BCUT2D eigenvalue weighted by Crippen LogP contribution is -2.41. The minimum absolute atomic E-state index is 0.139. The molecule has 0 spiro atoms. The van der Waals surface area contributed by atoms with Crippen LogP contribution >= 0.6 is 0 Å². The van der Waals surface area contributed by atoms with E-state index >= 15 is 0 Å². The third-order valence-electron chi connectivity index (χ3n) is 2.49. The second-order valence-corrected chi connectivity index (χ2v) is 3.82. The van der Waals surface area contributed by atoms with Crippen molar-refractivity contribution in [2.75, 3.05) is 33.4 Å². The van der Waals surface area contributed by atoms with E-state index < -0.39 is 0 Å². The van der Waals surface area contributed by atoms with E-state index in [0.29, 0.717) is 12.5 Å². The van der Waals surface area contributed by atoms with Crippen LogP contribution in [-0.2, 0) is 9.53 Å². The summed E-state index contributed by atoms with van der Waals surface area (Å²) in [6.45, 7) is 3.01. The number of nitrogens with two attached hydrogens (primary N) is 1. The minimum Gasteiger partial charge on any atom is -0.381 e. The zero-order valence-electron chi connectivity index (χ0n) is 8.66. The van der Waals surface area contributed by atoms with Crippen molar-refractivity contribution < 1.29 is 9.53 Å². The van der Waals surface area contributed by atoms with Crippen molar-refractivity contribution in [1.29, 1.82) is 0 Å². The summed E-state index contributed by atoms with van der Waals surface area (Å²) in [5, 5.41) is 0. The summed E-state index contributed by atoms with van der Waals surface area (Å²) in [4.78, 5) is 13.0. The molecule has 0 aromatic heterocycles. The van der Waals surface area contributed by atoms with E-state index in [4.69, 9.17) is 10.6 Å². The molecule has 0 unspecified atom stereocenters. The van der Waals surface area contributed by atoms with E-state index in [9.17, 15) is 4.79 Å². The molecule has 0 saturated carbocycles. The molecule has 82 valence electrons. The molecule has 1 amide bonds. The van der Waals surface area contributed by atoms with Crippen LogP contribution in [0.5, 0.6) is 0 Å². The van der Waals surface area contributed by atoms with Crippen LogP contribution in [0.15, 0.2) is 0 Å². The summed E-state index contributed by atoms with van der Waals surface area (Å²) in [6.07, 6.45) is 2.18. The Morgan fingerprint density at radius 1 is 1.57 bits per heavy atom. The van der Waals surface area contributed by atoms with Gasteiger partial charge in [-0.1, -0.05) is 0 Å². The Kier molecular flexibility index (Phi) is 4.86. The standard InChI is InChI=1S/C9H19N3O2/c1-12(7-9(13)11-10)6-8-2-4-14-5-3-8/h8H,2-7,10H2,1H3,(H,11,13). The fraction of sp³-hybridized carbons (Fsp3) is 0.889. The number of rotatable bonds is 4. The van der Waals surface area contributed by atoms with Crippen LogP contribution in [0, 0.1) is 5.92 Å². The molecule has 0 aromatic rings. The average Bonchev–Trinajstić information content (AvgIpc) is 2.19. The largest absolute Gasteiger partial charge is 0.381 e. The number of hydrazine groups is 1. The number of carbonyl (C=O) groups excluding carboxylic acids is 1. The normalized spacial score (nSPS) is 18.5. The predicted molar refractivity (Wildman–Crippen MR) is 53.4 cm³/mol. The van der Waals surface area contributed by atoms with Crippen LogP contribution in [-0.4, -0.2) is 44.2 Å². The monoisotopic (exact) mass is 201 g/mol. The molecule has 1 aliphatic rings. The van der Waals surface area contributed by atoms with Crippen LogP contribution in [0.2, 0.25) is 0 Å². The van der Waals surface area contributed by atoms with Crippen molar-refractivity contribution in [3.63, 3.8) is 0 Å². The van der Waals surface area contributed by atoms with Crippen molar-refractivity contribution in [3.05, 3.63) is 0 Å². The van der Waals surface area contributed by atoms with Gasteiger partial charge in [0, 0.05) is 19.8 Å². The SMILES string of the molecule is CN(CC(=O)NN)CC1CCOCC1. The van der Waals surface area contributed by atoms with Crippen LogP contribution in [0.4, 0.5) is 0 Å². The molecule has 5 nitrogen and oxygen atoms in total. The molecule has 0 bridgehead atoms. The van der Waals surface area contributed by atoms with Gasteiger partial charge in [0.25, 0.3) is 0 Å². The van der Waals surface area contributed by atoms with Crippen LogP contribution in [0.25, 0.3) is 0 Å². The maximum absolute atomic E-state index is 11.0. The van der Waals surface area contributed by atoms with Gasteiger partial charge in [0.2, 0.25) is 5.91 Å². The molecular weight excluding hydrogens is 182 g/mol. The minimum atomic E-state index is -0.139. The number of amides is 1. The first-order valence-corrected chi connectivity index (χ1v) is 4.98. The molecule has 0 radical (unpaired) electrons. The van der Waals surface area contributed by atoms with Crippen molar-refractivity contribution in [2.45, 2.75) is 12.8 Å². The Labute approximate surface area is 84.5 Å². The first-order valence-electron chi connectivity index (χ1n) is 4.98. The van der Waals surface area contributed by atoms with Gasteiger partial charge in [0.05, 0.1) is 6.54 Å². The van der Waals surface area contributed by atoms with Gasteiger partial charge in [0.15, 0.2) is 0 Å². The number of nitrogens with one attached hydrogen (secondary N) is 1. The lowest BCUT2D eigenvalue weighted by Gasteiger charge is -2.26. The third kappa shape index (κ3) is 4.04. The number of hydrogen-bond donors (Lipinski definition) is 2. The first kappa shape index (κ1) is 11.4. The van der Waals surface area contributed by atoms with Crippen LogP contribution in [0.1, 0.15) is 12.8 Å². The van der Waals surface area contributed by atoms with Gasteiger partial charge in [-0.25, -0.2) is 5.84 Å². The van der Waals surface area contributed by atoms with E-state index in [1.54, 1.807) is 0 Å². The zero-order chi connectivity index (χ0) is 10.4. The molecule has 0 aromatic carbocycles. The molecule has 1 rings (SSSR count). The van der Waals surface area contributed by atoms with Crippen molar-refractivity contribution in [2.24, 2.45) is 11.8 Å². The second kappa shape index (κ2) is 5.95. The van der Waals surface area contributed by atoms with E-state index in [2.05, 4.69) is 5.43 Å². The van der Waals surface area contributed by atoms with E-state index in [-0.39, 0.29) is 5.91 Å². The van der Waals surface area contributed by atoms with Crippen molar-refractivity contribution >= 4 is 5.91 Å². The summed E-state index contributed by atoms with van der Waals surface area (Å²) in [5.74, 6) is 5.52. The highest BCUT2D eigenvalue weighted by Gasteiger charge is 2.16. The summed E-state index contributed by atoms with van der Waals surface area (Å²) in [6, 6.07) is 0. The highest BCUT2D eigenvalue weighted by molar-refractivity contribution is 5.77. The number of likely N-dealkylation sites (N-methyl/N-ethyl adjacent to an activating group) is 1. The van der Waals surface area contributed by atoms with Crippen LogP contribution < -0.4 is 11.3 Å². The van der Waals surface area contributed by atoms with E-state index in [0.717, 1.165) is 32.6 Å². The Balaban J connectivity index is 2.18. The topological polar surface area (TPSA) is 67.6 Å². The van der Waals surface area contributed by atoms with Gasteiger partial charge in [-0.3, -0.25) is 15.1 Å². The molecule has 5 heteroatoms. The number of nitrogens with zero attached hydrogens (tertiary/aromatic N) is 1. The highest BCUT2D eigenvalue weighted by atomic mass is 16.5. The van der Waals surface area contributed by atoms with Gasteiger partial charge in [-0.05, 0) is 25.8 Å². The maximum atomic E-state index is 11.0. The van der Waals surface area contributed by atoms with Gasteiger partial charge in [0.1, 0.15) is 0 Å². The molecule has 1 aliphatic heterocycles. The number of hydrogen-bond acceptors (Lipinski definition) is 4. The molecule has 3 N–H and O–H groups in total. The molecule has 1 saturated heterocycles. The lowest BCUT2D eigenvalue weighted by molar-refractivity contribution is -0.122. The zero-order valence-corrected chi connectivity index (χ0v) is 8.66. The molecular formula is C9H19N3O2. The maximum Gasteiger partial charge on any atom is 0.248 e. The lowest BCUT2D eigenvalue weighted by atomic mass is 10.00. The smallest absolute Gasteiger partial charge is 0.248 e. The highest BCUT2D eigenvalue weighted by Crippen LogP contribution is 2.15. The van der Waals surface area contributed by atoms with Crippen molar-refractivity contribution in [3.8, 4) is 0 Å². The summed E-state index contributed by atoms with van der Waals surface area (Å²) < 4.78 is 5.27. The summed E-state index contributed by atoms with van der Waals surface area (Å²) in [5.41, 5.74) is 2.13. The molecule has 1 heterocycles. The molecule has 0 atom stereocenters. The van der Waals surface area contributed by atoms with Gasteiger partial charge in [-0.2, -0.15) is 0 Å². The van der Waals surface area contributed by atoms with Gasteiger partial charge < -0.3 is 4.74 Å². The molecule has 14 heavy (non-hydrogen) atoms. The van der Waals surface area contributed by atoms with Gasteiger partial charge >= 0.3 is 0 Å². The summed E-state index contributed by atoms with van der Waals surface area (Å²) in [7, 11) is 1.94. The van der Waals surface area contributed by atoms with E-state index in [1.165, 1.54) is 0 Å². The Hall–Kier alpha value is -0.650. The fourth-order valence-corrected chi connectivity index (χ4v) is 1.73. The predicted octanol–water partition coefficient (Wildman–Crippen LogP) is -0.665. The van der Waals surface area contributed by atoms with Crippen LogP contribution in [0.3, 0.4) is 0 Å². The Bertz CT molecular complexity index is 181. The summed E-state index contributed by atoms with van der Waals surface area (Å²) >= 11 is 0. The number of ether oxygens (including phenoxy) is 1. The fourth-order valence-electron chi connectivity index (χ4n) is 1.73. The first-order chi connectivity index (χ1) is 6.72. The Morgan fingerprint density at radius 3 is 2.79 bits per heavy atom. The quantitative estimate of drug-likeness (QED) is 0.360. The molecule has 0 aliphatic carbocycles. The third-order valence-corrected chi connectivity index (χ3v) is 2.49. The number of carbonyl (C=O) groups is 1.